The van der Waals surface area contributed by atoms with Crippen LogP contribution in [0.25, 0.3) is 0 Å². The van der Waals surface area contributed by atoms with Crippen molar-refractivity contribution >= 4 is 5.69 Å². The van der Waals surface area contributed by atoms with Gasteiger partial charge in [0.05, 0.1) is 20.3 Å². The van der Waals surface area contributed by atoms with E-state index in [1.54, 1.807) is 14.2 Å². The van der Waals surface area contributed by atoms with Gasteiger partial charge in [0.15, 0.2) is 11.5 Å². The minimum Gasteiger partial charge on any atom is -0.493 e. The van der Waals surface area contributed by atoms with Gasteiger partial charge >= 0.3 is 0 Å². The quantitative estimate of drug-likeness (QED) is 0.441. The van der Waals surface area contributed by atoms with E-state index in [1.807, 2.05) is 0 Å². The summed E-state index contributed by atoms with van der Waals surface area (Å²) in [7, 11) is 3.42. The molecule has 4 heteroatoms. The van der Waals surface area contributed by atoms with Crippen molar-refractivity contribution in [1.82, 2.24) is 4.90 Å². The Kier molecular flexibility index (Phi) is 7.33. The molecule has 0 saturated heterocycles. The maximum atomic E-state index is 5.64. The summed E-state index contributed by atoms with van der Waals surface area (Å²) in [6, 6.07) is 24.0. The Hall–Kier alpha value is -2.98. The molecule has 0 aromatic heterocycles. The minimum absolute atomic E-state index is 0.225. The highest BCUT2D eigenvalue weighted by molar-refractivity contribution is 5.52. The molecule has 32 heavy (non-hydrogen) atoms. The molecule has 168 valence electrons. The molecule has 3 aromatic carbocycles. The molecule has 4 rings (SSSR count). The maximum absolute atomic E-state index is 5.64. The topological polar surface area (TPSA) is 33.7 Å². The number of nitrogens with zero attached hydrogens (tertiary/aromatic N) is 1. The van der Waals surface area contributed by atoms with Gasteiger partial charge in [0.1, 0.15) is 0 Å². The highest BCUT2D eigenvalue weighted by Crippen LogP contribution is 2.40. The fourth-order valence-electron chi connectivity index (χ4n) is 4.77. The number of hydrogen-bond acceptors (Lipinski definition) is 4. The standard InChI is InChI=1S/C28H34N2O2/c1-4-21-11-8-9-14-25(21)29-16-10-17-30-18-15-23-19-26(31-2)27(32-3)20-24(23)28(30)22-12-6-5-7-13-22/h5-9,11-14,19-20,28-29H,4,10,15-18H2,1-3H3. The molecular formula is C28H34N2O2. The van der Waals surface area contributed by atoms with Crippen LogP contribution in [0.5, 0.6) is 11.5 Å². The zero-order valence-corrected chi connectivity index (χ0v) is 19.4. The first-order valence-corrected chi connectivity index (χ1v) is 11.6. The Balaban J connectivity index is 1.53. The molecule has 0 amide bonds. The average molecular weight is 431 g/mol. The summed E-state index contributed by atoms with van der Waals surface area (Å²) in [5.41, 5.74) is 6.63. The lowest BCUT2D eigenvalue weighted by Crippen LogP contribution is -2.37. The van der Waals surface area contributed by atoms with Gasteiger partial charge < -0.3 is 14.8 Å². The van der Waals surface area contributed by atoms with Crippen molar-refractivity contribution in [1.29, 1.82) is 0 Å². The Morgan fingerprint density at radius 2 is 1.66 bits per heavy atom. The fourth-order valence-corrected chi connectivity index (χ4v) is 4.77. The Bertz CT molecular complexity index is 1020. The third-order valence-electron chi connectivity index (χ3n) is 6.42. The number of ether oxygens (including phenoxy) is 2. The molecule has 0 bridgehead atoms. The number of benzene rings is 3. The largest absolute Gasteiger partial charge is 0.493 e. The number of nitrogens with one attached hydrogen (secondary N) is 1. The zero-order valence-electron chi connectivity index (χ0n) is 19.4. The summed E-state index contributed by atoms with van der Waals surface area (Å²) in [5, 5.41) is 3.65. The van der Waals surface area contributed by atoms with Gasteiger partial charge in [-0.15, -0.1) is 0 Å². The van der Waals surface area contributed by atoms with Crippen molar-refractivity contribution in [3.8, 4) is 11.5 Å². The van der Waals surface area contributed by atoms with Gasteiger partial charge in [0, 0.05) is 25.3 Å². The second-order valence-corrected chi connectivity index (χ2v) is 8.30. The van der Waals surface area contributed by atoms with Crippen molar-refractivity contribution in [2.75, 3.05) is 39.2 Å². The second kappa shape index (κ2) is 10.6. The molecule has 1 aliphatic rings. The van der Waals surface area contributed by atoms with Crippen LogP contribution >= 0.6 is 0 Å². The van der Waals surface area contributed by atoms with Gasteiger partial charge in [-0.1, -0.05) is 55.5 Å². The second-order valence-electron chi connectivity index (χ2n) is 8.30. The molecule has 4 nitrogen and oxygen atoms in total. The normalized spacial score (nSPS) is 15.8. The predicted octanol–water partition coefficient (Wildman–Crippen LogP) is 5.72. The van der Waals surface area contributed by atoms with Crippen molar-refractivity contribution in [2.45, 2.75) is 32.2 Å². The molecule has 0 fully saturated rings. The maximum Gasteiger partial charge on any atom is 0.161 e. The number of hydrogen-bond donors (Lipinski definition) is 1. The monoisotopic (exact) mass is 430 g/mol. The van der Waals surface area contributed by atoms with E-state index >= 15 is 0 Å². The van der Waals surface area contributed by atoms with Gasteiger partial charge in [0.2, 0.25) is 0 Å². The summed E-state index contributed by atoms with van der Waals surface area (Å²) in [6.07, 6.45) is 3.16. The lowest BCUT2D eigenvalue weighted by Gasteiger charge is -2.38. The van der Waals surface area contributed by atoms with E-state index in [0.29, 0.717) is 0 Å². The first-order chi connectivity index (χ1) is 15.7. The number of methoxy groups -OCH3 is 2. The molecule has 1 atom stereocenters. The molecular weight excluding hydrogens is 396 g/mol. The fraction of sp³-hybridized carbons (Fsp3) is 0.357. The number of fused-ring (bicyclic) bond motifs is 1. The highest BCUT2D eigenvalue weighted by Gasteiger charge is 2.30. The van der Waals surface area contributed by atoms with Crippen molar-refractivity contribution in [3.05, 3.63) is 89.0 Å². The zero-order chi connectivity index (χ0) is 22.3. The average Bonchev–Trinajstić information content (AvgIpc) is 2.86. The smallest absolute Gasteiger partial charge is 0.161 e. The predicted molar refractivity (Wildman–Crippen MR) is 132 cm³/mol. The summed E-state index contributed by atoms with van der Waals surface area (Å²) in [6.45, 7) is 5.25. The van der Waals surface area contributed by atoms with Crippen molar-refractivity contribution < 1.29 is 9.47 Å². The molecule has 0 saturated carbocycles. The third kappa shape index (κ3) is 4.76. The number of rotatable bonds is 9. The Morgan fingerprint density at radius 1 is 0.938 bits per heavy atom. The SMILES string of the molecule is CCc1ccccc1NCCCN1CCc2cc(OC)c(OC)cc2C1c1ccccc1. The lowest BCUT2D eigenvalue weighted by molar-refractivity contribution is 0.211. The molecule has 3 aromatic rings. The van der Waals surface area contributed by atoms with E-state index in [4.69, 9.17) is 9.47 Å². The number of anilines is 1. The van der Waals surface area contributed by atoms with Crippen LogP contribution < -0.4 is 14.8 Å². The highest BCUT2D eigenvalue weighted by atomic mass is 16.5. The van der Waals surface area contributed by atoms with E-state index < -0.39 is 0 Å². The Morgan fingerprint density at radius 3 is 2.41 bits per heavy atom. The minimum atomic E-state index is 0.225. The van der Waals surface area contributed by atoms with Gasteiger partial charge in [-0.25, -0.2) is 0 Å². The van der Waals surface area contributed by atoms with Gasteiger partial charge in [-0.2, -0.15) is 0 Å². The molecule has 1 heterocycles. The molecule has 0 spiro atoms. The number of aryl methyl sites for hydroxylation is 1. The van der Waals surface area contributed by atoms with Crippen LogP contribution in [0.4, 0.5) is 5.69 Å². The van der Waals surface area contributed by atoms with Crippen LogP contribution in [0, 0.1) is 0 Å². The van der Waals surface area contributed by atoms with Crippen LogP contribution in [-0.2, 0) is 12.8 Å². The van der Waals surface area contributed by atoms with E-state index in [2.05, 4.69) is 83.9 Å². The van der Waals surface area contributed by atoms with Gasteiger partial charge in [0.25, 0.3) is 0 Å². The van der Waals surface area contributed by atoms with Crippen LogP contribution in [0.15, 0.2) is 66.7 Å². The van der Waals surface area contributed by atoms with Crippen LogP contribution in [0.2, 0.25) is 0 Å². The number of para-hydroxylation sites is 1. The van der Waals surface area contributed by atoms with E-state index in [-0.39, 0.29) is 6.04 Å². The van der Waals surface area contributed by atoms with Crippen molar-refractivity contribution in [3.63, 3.8) is 0 Å². The summed E-state index contributed by atoms with van der Waals surface area (Å²) in [5.74, 6) is 1.61. The molecule has 0 radical (unpaired) electrons. The van der Waals surface area contributed by atoms with Gasteiger partial charge in [-0.05, 0) is 59.7 Å². The third-order valence-corrected chi connectivity index (χ3v) is 6.42. The van der Waals surface area contributed by atoms with Gasteiger partial charge in [-0.3, -0.25) is 4.90 Å². The van der Waals surface area contributed by atoms with Crippen LogP contribution in [0.3, 0.4) is 0 Å². The first kappa shape index (κ1) is 22.2. The molecule has 0 aliphatic carbocycles. The van der Waals surface area contributed by atoms with E-state index in [1.165, 1.54) is 27.9 Å². The Labute approximate surface area is 192 Å². The first-order valence-electron chi connectivity index (χ1n) is 11.6. The molecule has 1 aliphatic heterocycles. The summed E-state index contributed by atoms with van der Waals surface area (Å²) >= 11 is 0. The summed E-state index contributed by atoms with van der Waals surface area (Å²) < 4.78 is 11.2. The van der Waals surface area contributed by atoms with Crippen LogP contribution in [0.1, 0.15) is 41.6 Å². The molecule has 1 unspecified atom stereocenters. The lowest BCUT2D eigenvalue weighted by atomic mass is 9.87. The summed E-state index contributed by atoms with van der Waals surface area (Å²) in [4.78, 5) is 2.61. The van der Waals surface area contributed by atoms with E-state index in [9.17, 15) is 0 Å². The van der Waals surface area contributed by atoms with Crippen LogP contribution in [-0.4, -0.2) is 38.8 Å². The molecule has 1 N–H and O–H groups in total. The van der Waals surface area contributed by atoms with Crippen molar-refractivity contribution in [2.24, 2.45) is 0 Å². The van der Waals surface area contributed by atoms with E-state index in [0.717, 1.165) is 50.4 Å².